The number of benzene rings is 1. The van der Waals surface area contributed by atoms with E-state index in [-0.39, 0.29) is 18.9 Å². The standard InChI is InChI=1S/C15H19NO5/c1-4-20-14(17)10-13(15(18)21-5-2)16-11-6-8-12(19-3)9-7-11/h6-10,16H,4-5H2,1-3H3/b13-10+. The Morgan fingerprint density at radius 1 is 1.10 bits per heavy atom. The minimum absolute atomic E-state index is 0.0143. The van der Waals surface area contributed by atoms with E-state index in [1.54, 1.807) is 45.2 Å². The normalized spacial score (nSPS) is 10.7. The van der Waals surface area contributed by atoms with E-state index in [0.29, 0.717) is 11.4 Å². The summed E-state index contributed by atoms with van der Waals surface area (Å²) in [6.07, 6.45) is 1.08. The molecule has 0 heterocycles. The summed E-state index contributed by atoms with van der Waals surface area (Å²) in [5, 5.41) is 2.83. The summed E-state index contributed by atoms with van der Waals surface area (Å²) in [5.41, 5.74) is 0.639. The van der Waals surface area contributed by atoms with Gasteiger partial charge < -0.3 is 19.5 Å². The van der Waals surface area contributed by atoms with Gasteiger partial charge in [-0.1, -0.05) is 0 Å². The zero-order valence-electron chi connectivity index (χ0n) is 12.3. The number of esters is 2. The van der Waals surface area contributed by atoms with Crippen LogP contribution in [0.1, 0.15) is 13.8 Å². The highest BCUT2D eigenvalue weighted by atomic mass is 16.5. The lowest BCUT2D eigenvalue weighted by Crippen LogP contribution is -2.17. The van der Waals surface area contributed by atoms with E-state index in [0.717, 1.165) is 6.08 Å². The number of nitrogens with one attached hydrogen (secondary N) is 1. The largest absolute Gasteiger partial charge is 0.497 e. The first-order valence-electron chi connectivity index (χ1n) is 6.57. The average molecular weight is 293 g/mol. The molecule has 0 saturated heterocycles. The van der Waals surface area contributed by atoms with Crippen molar-refractivity contribution in [2.75, 3.05) is 25.6 Å². The van der Waals surface area contributed by atoms with Crippen molar-refractivity contribution in [3.8, 4) is 5.75 Å². The van der Waals surface area contributed by atoms with Gasteiger partial charge >= 0.3 is 11.9 Å². The molecule has 0 radical (unpaired) electrons. The summed E-state index contributed by atoms with van der Waals surface area (Å²) in [6.45, 7) is 3.82. The van der Waals surface area contributed by atoms with Crippen LogP contribution in [0.3, 0.4) is 0 Å². The lowest BCUT2D eigenvalue weighted by Gasteiger charge is -2.10. The van der Waals surface area contributed by atoms with E-state index in [4.69, 9.17) is 14.2 Å². The minimum Gasteiger partial charge on any atom is -0.497 e. The van der Waals surface area contributed by atoms with Gasteiger partial charge in [0.05, 0.1) is 26.4 Å². The van der Waals surface area contributed by atoms with E-state index in [9.17, 15) is 9.59 Å². The molecule has 0 saturated carbocycles. The average Bonchev–Trinajstić information content (AvgIpc) is 2.48. The molecule has 1 aromatic carbocycles. The van der Waals surface area contributed by atoms with Crippen molar-refractivity contribution in [2.45, 2.75) is 13.8 Å². The second kappa shape index (κ2) is 8.63. The third-order valence-corrected chi connectivity index (χ3v) is 2.41. The molecule has 0 spiro atoms. The molecule has 0 unspecified atom stereocenters. The fraction of sp³-hybridized carbons (Fsp3) is 0.333. The molecule has 114 valence electrons. The van der Waals surface area contributed by atoms with Crippen LogP contribution in [0.5, 0.6) is 5.75 Å². The minimum atomic E-state index is -0.624. The van der Waals surface area contributed by atoms with Gasteiger partial charge in [-0.25, -0.2) is 9.59 Å². The highest BCUT2D eigenvalue weighted by molar-refractivity contribution is 5.98. The molecule has 0 aromatic heterocycles. The Hall–Kier alpha value is -2.50. The van der Waals surface area contributed by atoms with Crippen molar-refractivity contribution in [3.05, 3.63) is 36.0 Å². The monoisotopic (exact) mass is 293 g/mol. The molecule has 6 nitrogen and oxygen atoms in total. The third kappa shape index (κ3) is 5.56. The molecule has 0 aliphatic rings. The fourth-order valence-electron chi connectivity index (χ4n) is 1.49. The molecule has 1 aromatic rings. The molecule has 6 heteroatoms. The molecule has 1 N–H and O–H groups in total. The van der Waals surface area contributed by atoms with Gasteiger partial charge in [0, 0.05) is 5.69 Å². The summed E-state index contributed by atoms with van der Waals surface area (Å²) < 4.78 is 14.7. The van der Waals surface area contributed by atoms with Crippen LogP contribution in [-0.4, -0.2) is 32.3 Å². The van der Waals surface area contributed by atoms with Crippen LogP contribution < -0.4 is 10.1 Å². The molecule has 0 aliphatic carbocycles. The Morgan fingerprint density at radius 3 is 2.24 bits per heavy atom. The highest BCUT2D eigenvalue weighted by Crippen LogP contribution is 2.17. The fourth-order valence-corrected chi connectivity index (χ4v) is 1.49. The topological polar surface area (TPSA) is 73.9 Å². The van der Waals surface area contributed by atoms with Gasteiger partial charge in [0.2, 0.25) is 0 Å². The Kier molecular flexibility index (Phi) is 6.80. The maximum absolute atomic E-state index is 11.8. The van der Waals surface area contributed by atoms with Gasteiger partial charge in [-0.3, -0.25) is 0 Å². The smallest absolute Gasteiger partial charge is 0.355 e. The SMILES string of the molecule is CCOC(=O)/C=C(/Nc1ccc(OC)cc1)C(=O)OCC. The van der Waals surface area contributed by atoms with Gasteiger partial charge in [-0.05, 0) is 38.1 Å². The summed E-state index contributed by atoms with van der Waals surface area (Å²) in [7, 11) is 1.56. The number of anilines is 1. The van der Waals surface area contributed by atoms with Crippen LogP contribution >= 0.6 is 0 Å². The van der Waals surface area contributed by atoms with Crippen molar-refractivity contribution in [3.63, 3.8) is 0 Å². The molecular weight excluding hydrogens is 274 g/mol. The predicted molar refractivity (Wildman–Crippen MR) is 78.0 cm³/mol. The van der Waals surface area contributed by atoms with Gasteiger partial charge in [0.1, 0.15) is 11.4 Å². The maximum atomic E-state index is 11.8. The Morgan fingerprint density at radius 2 is 1.71 bits per heavy atom. The molecule has 0 bridgehead atoms. The van der Waals surface area contributed by atoms with Crippen molar-refractivity contribution in [2.24, 2.45) is 0 Å². The maximum Gasteiger partial charge on any atom is 0.355 e. The molecule has 0 fully saturated rings. The van der Waals surface area contributed by atoms with E-state index in [2.05, 4.69) is 5.32 Å². The van der Waals surface area contributed by atoms with Crippen molar-refractivity contribution >= 4 is 17.6 Å². The van der Waals surface area contributed by atoms with E-state index >= 15 is 0 Å². The van der Waals surface area contributed by atoms with E-state index < -0.39 is 11.9 Å². The van der Waals surface area contributed by atoms with Crippen LogP contribution in [0.25, 0.3) is 0 Å². The number of methoxy groups -OCH3 is 1. The Balaban J connectivity index is 2.89. The lowest BCUT2D eigenvalue weighted by molar-refractivity contribution is -0.140. The molecule has 21 heavy (non-hydrogen) atoms. The first-order valence-corrected chi connectivity index (χ1v) is 6.57. The molecule has 0 aliphatic heterocycles. The number of carbonyl (C=O) groups excluding carboxylic acids is 2. The summed E-state index contributed by atoms with van der Waals surface area (Å²) in [4.78, 5) is 23.3. The molecular formula is C15H19NO5. The van der Waals surface area contributed by atoms with Crippen molar-refractivity contribution < 1.29 is 23.8 Å². The van der Waals surface area contributed by atoms with Crippen LogP contribution in [0.2, 0.25) is 0 Å². The summed E-state index contributed by atoms with van der Waals surface area (Å²) in [5.74, 6) is -0.546. The number of ether oxygens (including phenoxy) is 3. The van der Waals surface area contributed by atoms with Crippen LogP contribution in [-0.2, 0) is 19.1 Å². The zero-order valence-corrected chi connectivity index (χ0v) is 12.3. The lowest BCUT2D eigenvalue weighted by atomic mass is 10.3. The number of rotatable bonds is 7. The second-order valence-electron chi connectivity index (χ2n) is 3.88. The molecule has 0 amide bonds. The number of carbonyl (C=O) groups is 2. The van der Waals surface area contributed by atoms with Crippen molar-refractivity contribution in [1.82, 2.24) is 0 Å². The van der Waals surface area contributed by atoms with Crippen LogP contribution in [0.15, 0.2) is 36.0 Å². The van der Waals surface area contributed by atoms with E-state index in [1.165, 1.54) is 0 Å². The first kappa shape index (κ1) is 16.6. The number of hydrogen-bond donors (Lipinski definition) is 1. The third-order valence-electron chi connectivity index (χ3n) is 2.41. The molecule has 0 atom stereocenters. The highest BCUT2D eigenvalue weighted by Gasteiger charge is 2.13. The quantitative estimate of drug-likeness (QED) is 0.613. The van der Waals surface area contributed by atoms with Gasteiger partial charge in [0.15, 0.2) is 0 Å². The van der Waals surface area contributed by atoms with Gasteiger partial charge in [-0.2, -0.15) is 0 Å². The predicted octanol–water partition coefficient (Wildman–Crippen LogP) is 2.12. The van der Waals surface area contributed by atoms with Crippen LogP contribution in [0, 0.1) is 0 Å². The summed E-state index contributed by atoms with van der Waals surface area (Å²) >= 11 is 0. The first-order chi connectivity index (χ1) is 10.1. The zero-order chi connectivity index (χ0) is 15.7. The Labute approximate surface area is 123 Å². The van der Waals surface area contributed by atoms with Crippen molar-refractivity contribution in [1.29, 1.82) is 0 Å². The molecule has 1 rings (SSSR count). The second-order valence-corrected chi connectivity index (χ2v) is 3.88. The van der Waals surface area contributed by atoms with Crippen LogP contribution in [0.4, 0.5) is 5.69 Å². The van der Waals surface area contributed by atoms with Gasteiger partial charge in [0.25, 0.3) is 0 Å². The number of hydrogen-bond acceptors (Lipinski definition) is 6. The van der Waals surface area contributed by atoms with Gasteiger partial charge in [-0.15, -0.1) is 0 Å². The Bertz CT molecular complexity index is 507. The summed E-state index contributed by atoms with van der Waals surface area (Å²) in [6, 6.07) is 6.90. The van der Waals surface area contributed by atoms with E-state index in [1.807, 2.05) is 0 Å².